The number of carbonyl (C=O) groups is 1. The lowest BCUT2D eigenvalue weighted by Gasteiger charge is -2.10. The average Bonchev–Trinajstić information content (AvgIpc) is 3.14. The minimum absolute atomic E-state index is 0.00562. The Labute approximate surface area is 194 Å². The first-order valence-corrected chi connectivity index (χ1v) is 10.4. The van der Waals surface area contributed by atoms with Crippen LogP contribution < -0.4 is 16.7 Å². The van der Waals surface area contributed by atoms with Crippen molar-refractivity contribution in [1.29, 1.82) is 0 Å². The summed E-state index contributed by atoms with van der Waals surface area (Å²) in [5.41, 5.74) is 2.47. The molecule has 0 spiro atoms. The summed E-state index contributed by atoms with van der Waals surface area (Å²) in [5, 5.41) is 7.31. The third-order valence-electron chi connectivity index (χ3n) is 5.00. The fourth-order valence-electron chi connectivity index (χ4n) is 3.43. The highest BCUT2D eigenvalue weighted by atomic mass is 35.5. The van der Waals surface area contributed by atoms with Gasteiger partial charge in [-0.25, -0.2) is 19.4 Å². The minimum atomic E-state index is -0.779. The van der Waals surface area contributed by atoms with Crippen LogP contribution >= 0.6 is 23.8 Å². The van der Waals surface area contributed by atoms with Crippen LogP contribution in [0.5, 0.6) is 0 Å². The van der Waals surface area contributed by atoms with E-state index in [-0.39, 0.29) is 37.7 Å². The number of aromatic nitrogens is 3. The molecule has 3 aromatic heterocycles. The Balaban J connectivity index is 1.68. The summed E-state index contributed by atoms with van der Waals surface area (Å²) in [4.78, 5) is 38.2. The molecule has 0 atom stereocenters. The van der Waals surface area contributed by atoms with E-state index < -0.39 is 17.2 Å². The number of nitrogens with one attached hydrogen (secondary N) is 2. The molecule has 0 aliphatic heterocycles. The van der Waals surface area contributed by atoms with Crippen LogP contribution in [0, 0.1) is 11.7 Å². The standard InChI is InChI=1S/C22H13ClN4O5S/c1-10-6-7-16-12(8-10)17-13(20(29)31-16)9-14(21(30)32-17)18-24-25-22(33)27(18)26-19(28)11-4-2-3-5-15(11)23/h2-9H,1H3,(H,25,33)(H,26,28). The average molecular weight is 481 g/mol. The fraction of sp³-hybridized carbons (Fsp3) is 0.0455. The largest absolute Gasteiger partial charge is 0.422 e. The Morgan fingerprint density at radius 3 is 2.67 bits per heavy atom. The molecule has 1 amide bonds. The summed E-state index contributed by atoms with van der Waals surface area (Å²) < 4.78 is 12.0. The van der Waals surface area contributed by atoms with Crippen molar-refractivity contribution in [1.82, 2.24) is 14.9 Å². The smallest absolute Gasteiger partial charge is 0.347 e. The third-order valence-corrected chi connectivity index (χ3v) is 5.60. The molecule has 5 rings (SSSR count). The first-order valence-electron chi connectivity index (χ1n) is 9.58. The monoisotopic (exact) mass is 480 g/mol. The molecule has 3 heterocycles. The topological polar surface area (TPSA) is 123 Å². The zero-order valence-electron chi connectivity index (χ0n) is 16.8. The van der Waals surface area contributed by atoms with E-state index in [1.165, 1.54) is 12.1 Å². The molecule has 0 bridgehead atoms. The van der Waals surface area contributed by atoms with E-state index >= 15 is 0 Å². The molecule has 11 heteroatoms. The highest BCUT2D eigenvalue weighted by Crippen LogP contribution is 2.25. The molecule has 0 saturated heterocycles. The number of hydrogen-bond acceptors (Lipinski definition) is 7. The van der Waals surface area contributed by atoms with E-state index in [0.717, 1.165) is 10.2 Å². The molecule has 0 aliphatic carbocycles. The predicted octanol–water partition coefficient (Wildman–Crippen LogP) is 4.17. The maximum atomic E-state index is 12.9. The number of aryl methyl sites for hydroxylation is 1. The van der Waals surface area contributed by atoms with Crippen molar-refractivity contribution in [2.45, 2.75) is 6.92 Å². The van der Waals surface area contributed by atoms with E-state index in [9.17, 15) is 14.4 Å². The molecule has 2 aromatic carbocycles. The van der Waals surface area contributed by atoms with Crippen LogP contribution in [0.1, 0.15) is 15.9 Å². The van der Waals surface area contributed by atoms with E-state index in [2.05, 4.69) is 15.6 Å². The summed E-state index contributed by atoms with van der Waals surface area (Å²) in [7, 11) is 0. The Kier molecular flexibility index (Phi) is 4.95. The highest BCUT2D eigenvalue weighted by Gasteiger charge is 2.20. The van der Waals surface area contributed by atoms with Gasteiger partial charge in [0.2, 0.25) is 4.77 Å². The normalized spacial score (nSPS) is 11.2. The number of H-pyrrole nitrogens is 1. The number of fused-ring (bicyclic) bond motifs is 3. The molecular weight excluding hydrogens is 468 g/mol. The highest BCUT2D eigenvalue weighted by molar-refractivity contribution is 7.71. The Hall–Kier alpha value is -4.02. The van der Waals surface area contributed by atoms with Gasteiger partial charge in [-0.2, -0.15) is 5.10 Å². The second kappa shape index (κ2) is 7.84. The van der Waals surface area contributed by atoms with Gasteiger partial charge in [0.25, 0.3) is 5.91 Å². The zero-order valence-corrected chi connectivity index (χ0v) is 18.4. The molecule has 9 nitrogen and oxygen atoms in total. The molecular formula is C22H13ClN4O5S. The summed E-state index contributed by atoms with van der Waals surface area (Å²) in [6, 6.07) is 12.9. The van der Waals surface area contributed by atoms with Crippen molar-refractivity contribution in [3.8, 4) is 11.4 Å². The lowest BCUT2D eigenvalue weighted by Crippen LogP contribution is -2.25. The number of nitrogens with zero attached hydrogens (tertiary/aromatic N) is 2. The van der Waals surface area contributed by atoms with Gasteiger partial charge in [0.15, 0.2) is 11.4 Å². The van der Waals surface area contributed by atoms with Crippen LogP contribution in [0.3, 0.4) is 0 Å². The van der Waals surface area contributed by atoms with Crippen molar-refractivity contribution >= 4 is 51.7 Å². The SMILES string of the molecule is Cc1ccc2oc(=O)c3cc(-c4n[nH]c(=S)n4NC(=O)c4ccccc4Cl)c(=O)oc3c2c1. The molecule has 0 unspecified atom stereocenters. The van der Waals surface area contributed by atoms with Gasteiger partial charge in [0.05, 0.1) is 16.0 Å². The van der Waals surface area contributed by atoms with Crippen molar-refractivity contribution in [2.75, 3.05) is 5.43 Å². The van der Waals surface area contributed by atoms with Crippen LogP contribution in [-0.4, -0.2) is 20.8 Å². The molecule has 2 N–H and O–H groups in total. The van der Waals surface area contributed by atoms with Gasteiger partial charge < -0.3 is 8.83 Å². The quantitative estimate of drug-likeness (QED) is 0.226. The summed E-state index contributed by atoms with van der Waals surface area (Å²) in [6.07, 6.45) is 0. The number of rotatable bonds is 3. The number of carbonyl (C=O) groups excluding carboxylic acids is 1. The fourth-order valence-corrected chi connectivity index (χ4v) is 3.83. The van der Waals surface area contributed by atoms with Gasteiger partial charge in [0.1, 0.15) is 16.5 Å². The van der Waals surface area contributed by atoms with Crippen molar-refractivity contribution in [2.24, 2.45) is 0 Å². The Bertz CT molecular complexity index is 1770. The van der Waals surface area contributed by atoms with Crippen molar-refractivity contribution in [3.05, 3.63) is 90.3 Å². The molecule has 33 heavy (non-hydrogen) atoms. The first-order chi connectivity index (χ1) is 15.8. The molecule has 0 aliphatic rings. The Morgan fingerprint density at radius 2 is 1.88 bits per heavy atom. The van der Waals surface area contributed by atoms with Crippen LogP contribution in [0.25, 0.3) is 33.3 Å². The van der Waals surface area contributed by atoms with E-state index in [1.54, 1.807) is 36.4 Å². The maximum Gasteiger partial charge on any atom is 0.347 e. The van der Waals surface area contributed by atoms with E-state index in [0.29, 0.717) is 11.0 Å². The molecule has 5 aromatic rings. The van der Waals surface area contributed by atoms with Gasteiger partial charge in [-0.1, -0.05) is 35.4 Å². The minimum Gasteiger partial charge on any atom is -0.422 e. The number of hydrogen-bond donors (Lipinski definition) is 2. The molecule has 0 saturated carbocycles. The van der Waals surface area contributed by atoms with E-state index in [4.69, 9.17) is 32.7 Å². The number of benzene rings is 2. The van der Waals surface area contributed by atoms with Crippen LogP contribution in [0.15, 0.2) is 67.0 Å². The Morgan fingerprint density at radius 1 is 1.09 bits per heavy atom. The number of amides is 1. The zero-order chi connectivity index (χ0) is 23.3. The number of aromatic amines is 1. The van der Waals surface area contributed by atoms with Crippen LogP contribution in [0.2, 0.25) is 5.02 Å². The van der Waals surface area contributed by atoms with Gasteiger partial charge >= 0.3 is 11.3 Å². The van der Waals surface area contributed by atoms with Gasteiger partial charge in [-0.3, -0.25) is 10.2 Å². The van der Waals surface area contributed by atoms with Gasteiger partial charge in [0, 0.05) is 0 Å². The van der Waals surface area contributed by atoms with Crippen molar-refractivity contribution in [3.63, 3.8) is 0 Å². The molecule has 0 radical (unpaired) electrons. The number of halogens is 1. The van der Waals surface area contributed by atoms with Crippen molar-refractivity contribution < 1.29 is 13.6 Å². The van der Waals surface area contributed by atoms with Gasteiger partial charge in [-0.05, 0) is 49.5 Å². The van der Waals surface area contributed by atoms with Crippen LogP contribution in [0.4, 0.5) is 0 Å². The predicted molar refractivity (Wildman–Crippen MR) is 125 cm³/mol. The second-order valence-corrected chi connectivity index (χ2v) is 7.98. The summed E-state index contributed by atoms with van der Waals surface area (Å²) in [5.74, 6) is -0.634. The molecule has 0 fully saturated rings. The van der Waals surface area contributed by atoms with Gasteiger partial charge in [-0.15, -0.1) is 0 Å². The molecule has 164 valence electrons. The first kappa shape index (κ1) is 20.9. The maximum absolute atomic E-state index is 12.9. The summed E-state index contributed by atoms with van der Waals surface area (Å²) in [6.45, 7) is 1.86. The lowest BCUT2D eigenvalue weighted by atomic mass is 10.1. The second-order valence-electron chi connectivity index (χ2n) is 7.19. The van der Waals surface area contributed by atoms with E-state index in [1.807, 2.05) is 6.92 Å². The lowest BCUT2D eigenvalue weighted by molar-refractivity contribution is 0.101. The third kappa shape index (κ3) is 3.55. The summed E-state index contributed by atoms with van der Waals surface area (Å²) >= 11 is 11.3. The van der Waals surface area contributed by atoms with Crippen LogP contribution in [-0.2, 0) is 0 Å².